The van der Waals surface area contributed by atoms with Crippen LogP contribution in [-0.2, 0) is 9.53 Å². The Morgan fingerprint density at radius 3 is 2.65 bits per heavy atom. The zero-order valence-electron chi connectivity index (χ0n) is 10.5. The van der Waals surface area contributed by atoms with E-state index in [1.54, 1.807) is 27.1 Å². The van der Waals surface area contributed by atoms with Crippen LogP contribution in [0.3, 0.4) is 0 Å². The van der Waals surface area contributed by atoms with E-state index in [-0.39, 0.29) is 6.54 Å². The van der Waals surface area contributed by atoms with Gasteiger partial charge < -0.3 is 4.74 Å². The Morgan fingerprint density at radius 2 is 2.18 bits per heavy atom. The molecule has 1 aliphatic rings. The molecule has 0 saturated carbocycles. The molecular weight excluding hydrogens is 218 g/mol. The summed E-state index contributed by atoms with van der Waals surface area (Å²) in [5.41, 5.74) is 0.230. The van der Waals surface area contributed by atoms with Gasteiger partial charge in [0.25, 0.3) is 0 Å². The fraction of sp³-hybridized carbons (Fsp3) is 0.538. The average Bonchev–Trinajstić information content (AvgIpc) is 2.24. The van der Waals surface area contributed by atoms with Crippen LogP contribution >= 0.6 is 0 Å². The van der Waals surface area contributed by atoms with E-state index in [0.29, 0.717) is 6.42 Å². The van der Waals surface area contributed by atoms with Crippen molar-refractivity contribution in [2.45, 2.75) is 39.2 Å². The zero-order chi connectivity index (χ0) is 12.9. The molecule has 0 fully saturated rings. The van der Waals surface area contributed by atoms with Gasteiger partial charge in [-0.1, -0.05) is 18.2 Å². The van der Waals surface area contributed by atoms with Gasteiger partial charge in [0.1, 0.15) is 5.60 Å². The van der Waals surface area contributed by atoms with E-state index >= 15 is 0 Å². The maximum atomic E-state index is 11.9. The molecule has 1 aliphatic carbocycles. The van der Waals surface area contributed by atoms with Crippen LogP contribution < -0.4 is 0 Å². The summed E-state index contributed by atoms with van der Waals surface area (Å²) in [5, 5.41) is 0. The molecule has 1 radical (unpaired) electrons. The number of hydrogen-bond acceptors (Lipinski definition) is 3. The van der Waals surface area contributed by atoms with Crippen LogP contribution in [-0.4, -0.2) is 29.4 Å². The van der Waals surface area contributed by atoms with Crippen LogP contribution in [0.15, 0.2) is 23.9 Å². The highest BCUT2D eigenvalue weighted by molar-refractivity contribution is 5.74. The highest BCUT2D eigenvalue weighted by Gasteiger charge is 2.24. The first-order chi connectivity index (χ1) is 7.94. The Balaban J connectivity index is 2.74. The summed E-state index contributed by atoms with van der Waals surface area (Å²) in [6, 6.07) is 0. The third-order valence-corrected chi connectivity index (χ3v) is 2.17. The molecule has 0 saturated heterocycles. The van der Waals surface area contributed by atoms with E-state index in [4.69, 9.17) is 4.74 Å². The van der Waals surface area contributed by atoms with E-state index in [1.807, 2.05) is 18.2 Å². The van der Waals surface area contributed by atoms with Gasteiger partial charge >= 0.3 is 6.09 Å². The van der Waals surface area contributed by atoms with E-state index < -0.39 is 11.7 Å². The van der Waals surface area contributed by atoms with Crippen LogP contribution in [0.25, 0.3) is 0 Å². The maximum Gasteiger partial charge on any atom is 0.414 e. The van der Waals surface area contributed by atoms with E-state index in [0.717, 1.165) is 12.1 Å². The van der Waals surface area contributed by atoms with Crippen molar-refractivity contribution in [3.8, 4) is 0 Å². The monoisotopic (exact) mass is 236 g/mol. The smallest absolute Gasteiger partial charge is 0.414 e. The third-order valence-electron chi connectivity index (χ3n) is 2.17. The topological polar surface area (TPSA) is 46.6 Å². The normalized spacial score (nSPS) is 15.1. The molecule has 1 amide bonds. The van der Waals surface area contributed by atoms with Crippen LogP contribution in [0.4, 0.5) is 4.79 Å². The number of amides is 1. The number of hydrogen-bond donors (Lipinski definition) is 0. The Hall–Kier alpha value is -1.58. The van der Waals surface area contributed by atoms with Gasteiger partial charge in [0.15, 0.2) is 0 Å². The highest BCUT2D eigenvalue weighted by atomic mass is 16.6. The van der Waals surface area contributed by atoms with Crippen molar-refractivity contribution in [1.29, 1.82) is 0 Å². The van der Waals surface area contributed by atoms with Crippen molar-refractivity contribution in [2.24, 2.45) is 0 Å². The van der Waals surface area contributed by atoms with Crippen LogP contribution in [0.2, 0.25) is 0 Å². The molecule has 0 bridgehead atoms. The minimum absolute atomic E-state index is 0.0887. The van der Waals surface area contributed by atoms with Crippen LogP contribution in [0, 0.1) is 0 Å². The Kier molecular flexibility index (Phi) is 4.49. The van der Waals surface area contributed by atoms with E-state index in [2.05, 4.69) is 0 Å². The number of carbonyl (C=O) groups excluding carboxylic acids is 2. The molecule has 0 aromatic carbocycles. The van der Waals surface area contributed by atoms with E-state index in [9.17, 15) is 9.59 Å². The first-order valence-corrected chi connectivity index (χ1v) is 5.63. The van der Waals surface area contributed by atoms with Crippen molar-refractivity contribution in [3.63, 3.8) is 0 Å². The standard InChI is InChI=1S/C13H18NO3/c1-13(2,3)17-12(16)14(9-10-15)11-7-5-4-6-8-11/h4-5,8H,6-7,9H2,1-3H3. The summed E-state index contributed by atoms with van der Waals surface area (Å²) < 4.78 is 5.25. The van der Waals surface area contributed by atoms with E-state index in [1.165, 1.54) is 4.90 Å². The Labute approximate surface area is 102 Å². The van der Waals surface area contributed by atoms with Crippen LogP contribution in [0.5, 0.6) is 0 Å². The SMILES string of the molecule is CC(C)(C)OC(=O)N(C[C]=O)C1=CCC=CC1. The molecular formula is C13H18NO3. The Morgan fingerprint density at radius 1 is 1.47 bits per heavy atom. The minimum atomic E-state index is -0.566. The summed E-state index contributed by atoms with van der Waals surface area (Å²) in [5.74, 6) is 0. The first kappa shape index (κ1) is 13.5. The van der Waals surface area contributed by atoms with Gasteiger partial charge in [-0.3, -0.25) is 9.69 Å². The summed E-state index contributed by atoms with van der Waals surface area (Å²) in [6.07, 6.45) is 8.56. The lowest BCUT2D eigenvalue weighted by atomic mass is 10.1. The molecule has 0 aromatic heterocycles. The summed E-state index contributed by atoms with van der Waals surface area (Å²) in [6.45, 7) is 5.29. The minimum Gasteiger partial charge on any atom is -0.443 e. The van der Waals surface area contributed by atoms with Crippen molar-refractivity contribution >= 4 is 12.4 Å². The molecule has 0 spiro atoms. The Bertz CT molecular complexity index is 350. The molecule has 4 heteroatoms. The maximum absolute atomic E-state index is 11.9. The fourth-order valence-electron chi connectivity index (χ4n) is 1.47. The fourth-order valence-corrected chi connectivity index (χ4v) is 1.47. The van der Waals surface area contributed by atoms with Gasteiger partial charge in [0, 0.05) is 12.1 Å². The van der Waals surface area contributed by atoms with Gasteiger partial charge in [0.05, 0.1) is 6.54 Å². The molecule has 4 nitrogen and oxygen atoms in total. The van der Waals surface area contributed by atoms with Gasteiger partial charge in [0.2, 0.25) is 6.29 Å². The van der Waals surface area contributed by atoms with Gasteiger partial charge in [-0.15, -0.1) is 0 Å². The lowest BCUT2D eigenvalue weighted by Gasteiger charge is -2.28. The number of nitrogens with zero attached hydrogens (tertiary/aromatic N) is 1. The molecule has 0 heterocycles. The molecule has 0 aliphatic heterocycles. The number of carbonyl (C=O) groups is 1. The van der Waals surface area contributed by atoms with Gasteiger partial charge in [-0.25, -0.2) is 4.79 Å². The first-order valence-electron chi connectivity index (χ1n) is 5.63. The number of ether oxygens (including phenoxy) is 1. The molecule has 17 heavy (non-hydrogen) atoms. The largest absolute Gasteiger partial charge is 0.443 e. The molecule has 93 valence electrons. The zero-order valence-corrected chi connectivity index (χ0v) is 10.5. The molecule has 1 rings (SSSR count). The van der Waals surface area contributed by atoms with Crippen molar-refractivity contribution in [2.75, 3.05) is 6.54 Å². The van der Waals surface area contributed by atoms with Gasteiger partial charge in [-0.2, -0.15) is 0 Å². The molecule has 0 unspecified atom stereocenters. The highest BCUT2D eigenvalue weighted by Crippen LogP contribution is 2.18. The summed E-state index contributed by atoms with van der Waals surface area (Å²) in [7, 11) is 0. The predicted octanol–water partition coefficient (Wildman–Crippen LogP) is 2.57. The predicted molar refractivity (Wildman–Crippen MR) is 65.1 cm³/mol. The lowest BCUT2D eigenvalue weighted by Crippen LogP contribution is -2.37. The van der Waals surface area contributed by atoms with Crippen molar-refractivity contribution < 1.29 is 14.3 Å². The molecule has 0 aromatic rings. The third kappa shape index (κ3) is 4.43. The lowest BCUT2D eigenvalue weighted by molar-refractivity contribution is 0.0332. The molecule has 0 N–H and O–H groups in total. The second-order valence-electron chi connectivity index (χ2n) is 4.82. The number of rotatable bonds is 3. The summed E-state index contributed by atoms with van der Waals surface area (Å²) in [4.78, 5) is 23.8. The second-order valence-corrected chi connectivity index (χ2v) is 4.82. The van der Waals surface area contributed by atoms with Gasteiger partial charge in [-0.05, 0) is 27.2 Å². The second kappa shape index (κ2) is 5.66. The summed E-state index contributed by atoms with van der Waals surface area (Å²) >= 11 is 0. The van der Waals surface area contributed by atoms with Crippen molar-refractivity contribution in [3.05, 3.63) is 23.9 Å². The average molecular weight is 236 g/mol. The number of allylic oxidation sites excluding steroid dienone is 3. The van der Waals surface area contributed by atoms with Crippen molar-refractivity contribution in [1.82, 2.24) is 4.90 Å². The molecule has 0 atom stereocenters. The quantitative estimate of drug-likeness (QED) is 0.707. The van der Waals surface area contributed by atoms with Crippen LogP contribution in [0.1, 0.15) is 33.6 Å².